The van der Waals surface area contributed by atoms with E-state index >= 15 is 0 Å². The van der Waals surface area contributed by atoms with Crippen molar-refractivity contribution in [1.29, 1.82) is 0 Å². The van der Waals surface area contributed by atoms with Gasteiger partial charge in [-0.05, 0) is 42.7 Å². The van der Waals surface area contributed by atoms with Crippen molar-refractivity contribution in [2.24, 2.45) is 0 Å². The highest BCUT2D eigenvalue weighted by atomic mass is 35.5. The molecule has 104 valence electrons. The molecular weight excluding hydrogens is 276 g/mol. The second-order valence-corrected chi connectivity index (χ2v) is 5.05. The molecule has 0 aromatic heterocycles. The summed E-state index contributed by atoms with van der Waals surface area (Å²) in [5, 5.41) is 14.3. The molecule has 0 aliphatic carbocycles. The van der Waals surface area contributed by atoms with E-state index in [9.17, 15) is 10.1 Å². The maximum Gasteiger partial charge on any atom is 0.288 e. The molecule has 0 bridgehead atoms. The van der Waals surface area contributed by atoms with E-state index in [2.05, 4.69) is 5.32 Å². The second-order valence-electron chi connectivity index (χ2n) is 4.64. The molecule has 4 nitrogen and oxygen atoms in total. The zero-order chi connectivity index (χ0) is 14.7. The fourth-order valence-corrected chi connectivity index (χ4v) is 2.13. The normalized spacial score (nSPS) is 10.3. The summed E-state index contributed by atoms with van der Waals surface area (Å²) in [7, 11) is 0. The standard InChI is InChI=1S/C15H15ClN2O2/c1-10-4-3-5-14(11(10)2)17-9-12-6-7-13(16)15(8-12)18(19)20/h3-8,17H,9H2,1-2H3. The highest BCUT2D eigenvalue weighted by Gasteiger charge is 2.12. The predicted molar refractivity (Wildman–Crippen MR) is 81.3 cm³/mol. The van der Waals surface area contributed by atoms with E-state index in [1.165, 1.54) is 17.2 Å². The van der Waals surface area contributed by atoms with Gasteiger partial charge in [-0.25, -0.2) is 0 Å². The van der Waals surface area contributed by atoms with Crippen LogP contribution in [0.2, 0.25) is 5.02 Å². The van der Waals surface area contributed by atoms with Gasteiger partial charge in [0.05, 0.1) is 4.92 Å². The summed E-state index contributed by atoms with van der Waals surface area (Å²) in [4.78, 5) is 10.4. The van der Waals surface area contributed by atoms with E-state index in [1.807, 2.05) is 32.0 Å². The summed E-state index contributed by atoms with van der Waals surface area (Å²) in [6.07, 6.45) is 0. The topological polar surface area (TPSA) is 55.2 Å². The van der Waals surface area contributed by atoms with Crippen LogP contribution in [-0.2, 0) is 6.54 Å². The molecule has 0 unspecified atom stereocenters. The molecule has 1 N–H and O–H groups in total. The van der Waals surface area contributed by atoms with Crippen LogP contribution in [0, 0.1) is 24.0 Å². The lowest BCUT2D eigenvalue weighted by Gasteiger charge is -2.11. The number of aryl methyl sites for hydroxylation is 1. The molecule has 0 saturated carbocycles. The van der Waals surface area contributed by atoms with E-state index in [0.29, 0.717) is 6.54 Å². The largest absolute Gasteiger partial charge is 0.381 e. The van der Waals surface area contributed by atoms with Crippen LogP contribution < -0.4 is 5.32 Å². The van der Waals surface area contributed by atoms with Crippen LogP contribution in [0.15, 0.2) is 36.4 Å². The van der Waals surface area contributed by atoms with E-state index in [-0.39, 0.29) is 10.7 Å². The van der Waals surface area contributed by atoms with E-state index < -0.39 is 4.92 Å². The number of halogens is 1. The Morgan fingerprint density at radius 1 is 1.25 bits per heavy atom. The lowest BCUT2D eigenvalue weighted by molar-refractivity contribution is -0.384. The van der Waals surface area contributed by atoms with Crippen molar-refractivity contribution in [3.8, 4) is 0 Å². The fourth-order valence-electron chi connectivity index (χ4n) is 1.95. The summed E-state index contributed by atoms with van der Waals surface area (Å²) in [6, 6.07) is 10.9. The van der Waals surface area contributed by atoms with E-state index in [0.717, 1.165) is 11.3 Å². The molecule has 0 radical (unpaired) electrons. The van der Waals surface area contributed by atoms with Crippen molar-refractivity contribution in [2.45, 2.75) is 20.4 Å². The maximum absolute atomic E-state index is 10.8. The molecule has 2 aromatic rings. The lowest BCUT2D eigenvalue weighted by atomic mass is 10.1. The third-order valence-electron chi connectivity index (χ3n) is 3.29. The van der Waals surface area contributed by atoms with Gasteiger partial charge in [0, 0.05) is 18.3 Å². The summed E-state index contributed by atoms with van der Waals surface area (Å²) in [5.41, 5.74) is 4.17. The van der Waals surface area contributed by atoms with Crippen molar-refractivity contribution in [2.75, 3.05) is 5.32 Å². The van der Waals surface area contributed by atoms with Gasteiger partial charge in [-0.15, -0.1) is 0 Å². The molecular formula is C15H15ClN2O2. The third-order valence-corrected chi connectivity index (χ3v) is 3.61. The number of hydrogen-bond acceptors (Lipinski definition) is 3. The van der Waals surface area contributed by atoms with Gasteiger partial charge in [-0.3, -0.25) is 10.1 Å². The molecule has 0 saturated heterocycles. The van der Waals surface area contributed by atoms with Crippen molar-refractivity contribution in [3.63, 3.8) is 0 Å². The first kappa shape index (κ1) is 14.3. The second kappa shape index (κ2) is 5.92. The van der Waals surface area contributed by atoms with E-state index in [1.54, 1.807) is 12.1 Å². The lowest BCUT2D eigenvalue weighted by Crippen LogP contribution is -2.02. The van der Waals surface area contributed by atoms with Gasteiger partial charge in [0.15, 0.2) is 0 Å². The zero-order valence-electron chi connectivity index (χ0n) is 11.3. The molecule has 0 aliphatic heterocycles. The Balaban J connectivity index is 2.17. The van der Waals surface area contributed by atoms with Crippen LogP contribution in [0.5, 0.6) is 0 Å². The van der Waals surface area contributed by atoms with Crippen molar-refractivity contribution in [3.05, 3.63) is 68.2 Å². The first-order valence-corrected chi connectivity index (χ1v) is 6.59. The predicted octanol–water partition coefficient (Wildman–Crippen LogP) is 4.48. The first-order chi connectivity index (χ1) is 9.49. The Bertz CT molecular complexity index is 656. The van der Waals surface area contributed by atoms with Crippen LogP contribution in [0.3, 0.4) is 0 Å². The van der Waals surface area contributed by atoms with Gasteiger partial charge in [0.1, 0.15) is 5.02 Å². The summed E-state index contributed by atoms with van der Waals surface area (Å²) in [6.45, 7) is 4.61. The minimum Gasteiger partial charge on any atom is -0.381 e. The van der Waals surface area contributed by atoms with Crippen molar-refractivity contribution in [1.82, 2.24) is 0 Å². The monoisotopic (exact) mass is 290 g/mol. The van der Waals surface area contributed by atoms with Gasteiger partial charge >= 0.3 is 0 Å². The number of benzene rings is 2. The molecule has 5 heteroatoms. The molecule has 0 spiro atoms. The highest BCUT2D eigenvalue weighted by Crippen LogP contribution is 2.26. The number of nitro benzene ring substituents is 1. The minimum absolute atomic E-state index is 0.0630. The number of hydrogen-bond donors (Lipinski definition) is 1. The first-order valence-electron chi connectivity index (χ1n) is 6.22. The third kappa shape index (κ3) is 3.08. The van der Waals surface area contributed by atoms with Gasteiger partial charge in [-0.1, -0.05) is 29.8 Å². The minimum atomic E-state index is -0.469. The zero-order valence-corrected chi connectivity index (χ0v) is 12.1. The number of nitrogens with zero attached hydrogens (tertiary/aromatic N) is 1. The van der Waals surface area contributed by atoms with Gasteiger partial charge < -0.3 is 5.32 Å². The Kier molecular flexibility index (Phi) is 4.25. The fraction of sp³-hybridized carbons (Fsp3) is 0.200. The summed E-state index contributed by atoms with van der Waals surface area (Å²) >= 11 is 5.79. The Labute approximate surface area is 122 Å². The number of rotatable bonds is 4. The van der Waals surface area contributed by atoms with Gasteiger partial charge in [0.25, 0.3) is 5.69 Å². The molecule has 20 heavy (non-hydrogen) atoms. The average molecular weight is 291 g/mol. The molecule has 0 aliphatic rings. The van der Waals surface area contributed by atoms with Crippen LogP contribution in [0.4, 0.5) is 11.4 Å². The molecule has 2 aromatic carbocycles. The average Bonchev–Trinajstić information content (AvgIpc) is 2.41. The smallest absolute Gasteiger partial charge is 0.288 e. The quantitative estimate of drug-likeness (QED) is 0.667. The van der Waals surface area contributed by atoms with Crippen LogP contribution >= 0.6 is 11.6 Å². The van der Waals surface area contributed by atoms with Crippen LogP contribution in [0.1, 0.15) is 16.7 Å². The molecule has 0 amide bonds. The Hall–Kier alpha value is -2.07. The molecule has 0 atom stereocenters. The van der Waals surface area contributed by atoms with Gasteiger partial charge in [-0.2, -0.15) is 0 Å². The number of anilines is 1. The number of nitrogens with one attached hydrogen (secondary N) is 1. The van der Waals surface area contributed by atoms with Crippen molar-refractivity contribution >= 4 is 23.0 Å². The molecule has 0 fully saturated rings. The highest BCUT2D eigenvalue weighted by molar-refractivity contribution is 6.32. The van der Waals surface area contributed by atoms with E-state index in [4.69, 9.17) is 11.6 Å². The number of nitro groups is 1. The molecule has 0 heterocycles. The Morgan fingerprint density at radius 3 is 2.70 bits per heavy atom. The molecule has 2 rings (SSSR count). The van der Waals surface area contributed by atoms with Gasteiger partial charge in [0.2, 0.25) is 0 Å². The van der Waals surface area contributed by atoms with Crippen LogP contribution in [-0.4, -0.2) is 4.92 Å². The Morgan fingerprint density at radius 2 is 2.00 bits per heavy atom. The summed E-state index contributed by atoms with van der Waals surface area (Å²) in [5.74, 6) is 0. The van der Waals surface area contributed by atoms with Crippen LogP contribution in [0.25, 0.3) is 0 Å². The SMILES string of the molecule is Cc1cccc(NCc2ccc(Cl)c([N+](=O)[O-])c2)c1C. The van der Waals surface area contributed by atoms with Crippen molar-refractivity contribution < 1.29 is 4.92 Å². The summed E-state index contributed by atoms with van der Waals surface area (Å²) < 4.78 is 0. The maximum atomic E-state index is 10.8.